The van der Waals surface area contributed by atoms with Crippen LogP contribution in [0.25, 0.3) is 11.0 Å². The van der Waals surface area contributed by atoms with Gasteiger partial charge in [0.05, 0.1) is 16.7 Å². The molecule has 3 rings (SSSR count). The number of hydrogen-bond acceptors (Lipinski definition) is 4. The molecule has 0 atom stereocenters. The van der Waals surface area contributed by atoms with Gasteiger partial charge in [-0.3, -0.25) is 0 Å². The maximum atomic E-state index is 11.4. The van der Waals surface area contributed by atoms with Gasteiger partial charge in [0.2, 0.25) is 0 Å². The predicted octanol–water partition coefficient (Wildman–Crippen LogP) is 2.36. The second-order valence-corrected chi connectivity index (χ2v) is 5.01. The molecule has 5 heteroatoms. The molecule has 1 heterocycles. The van der Waals surface area contributed by atoms with E-state index in [0.29, 0.717) is 18.7 Å². The van der Waals surface area contributed by atoms with Gasteiger partial charge in [0, 0.05) is 0 Å². The van der Waals surface area contributed by atoms with Crippen molar-refractivity contribution in [1.82, 2.24) is 9.97 Å². The van der Waals surface area contributed by atoms with Crippen LogP contribution in [0.4, 0.5) is 5.82 Å². The molecular formula is C14H15N3O2. The lowest BCUT2D eigenvalue weighted by atomic mass is 9.77. The van der Waals surface area contributed by atoms with E-state index in [1.807, 2.05) is 31.2 Å². The molecule has 1 aromatic carbocycles. The first-order chi connectivity index (χ1) is 9.11. The van der Waals surface area contributed by atoms with Gasteiger partial charge in [-0.2, -0.15) is 0 Å². The number of aryl methyl sites for hydroxylation is 1. The lowest BCUT2D eigenvalue weighted by molar-refractivity contribution is -0.145. The Kier molecular flexibility index (Phi) is 2.62. The van der Waals surface area contributed by atoms with Crippen LogP contribution in [0.2, 0.25) is 0 Å². The van der Waals surface area contributed by atoms with E-state index in [-0.39, 0.29) is 0 Å². The number of aliphatic carboxylic acids is 1. The van der Waals surface area contributed by atoms with Gasteiger partial charge in [0.25, 0.3) is 0 Å². The number of nitrogens with zero attached hydrogens (tertiary/aromatic N) is 2. The molecule has 0 aliphatic heterocycles. The number of fused-ring (bicyclic) bond motifs is 1. The summed E-state index contributed by atoms with van der Waals surface area (Å²) in [6, 6.07) is 7.58. The van der Waals surface area contributed by atoms with Gasteiger partial charge in [0.1, 0.15) is 11.4 Å². The van der Waals surface area contributed by atoms with E-state index in [1.54, 1.807) is 0 Å². The molecule has 0 saturated heterocycles. The summed E-state index contributed by atoms with van der Waals surface area (Å²) in [4.78, 5) is 20.3. The Balaban J connectivity index is 2.01. The number of carboxylic acids is 1. The van der Waals surface area contributed by atoms with Gasteiger partial charge in [-0.15, -0.1) is 0 Å². The Labute approximate surface area is 110 Å². The molecule has 1 aliphatic rings. The van der Waals surface area contributed by atoms with E-state index in [4.69, 9.17) is 0 Å². The van der Waals surface area contributed by atoms with Crippen molar-refractivity contribution in [2.75, 3.05) is 5.32 Å². The van der Waals surface area contributed by atoms with Gasteiger partial charge in [-0.05, 0) is 38.3 Å². The van der Waals surface area contributed by atoms with Crippen molar-refractivity contribution >= 4 is 22.8 Å². The quantitative estimate of drug-likeness (QED) is 0.882. The summed E-state index contributed by atoms with van der Waals surface area (Å²) in [5.74, 6) is -0.242. The zero-order valence-corrected chi connectivity index (χ0v) is 10.7. The highest BCUT2D eigenvalue weighted by molar-refractivity contribution is 5.84. The summed E-state index contributed by atoms with van der Waals surface area (Å²) in [7, 11) is 0. The highest BCUT2D eigenvalue weighted by atomic mass is 16.4. The second-order valence-electron chi connectivity index (χ2n) is 5.01. The summed E-state index contributed by atoms with van der Waals surface area (Å²) in [6.07, 6.45) is 2.20. The Bertz CT molecular complexity index is 650. The minimum Gasteiger partial charge on any atom is -0.480 e. The number of carboxylic acid groups (broad SMARTS) is 1. The van der Waals surface area contributed by atoms with Crippen LogP contribution in [0.3, 0.4) is 0 Å². The number of anilines is 1. The Morgan fingerprint density at radius 1 is 1.26 bits per heavy atom. The van der Waals surface area contributed by atoms with E-state index in [9.17, 15) is 9.90 Å². The molecule has 1 fully saturated rings. The van der Waals surface area contributed by atoms with Crippen molar-refractivity contribution in [3.63, 3.8) is 0 Å². The number of rotatable bonds is 3. The first kappa shape index (κ1) is 11.9. The van der Waals surface area contributed by atoms with E-state index in [2.05, 4.69) is 15.3 Å². The highest BCUT2D eigenvalue weighted by Crippen LogP contribution is 2.35. The molecule has 2 aromatic rings. The van der Waals surface area contributed by atoms with Crippen molar-refractivity contribution in [1.29, 1.82) is 0 Å². The van der Waals surface area contributed by atoms with Crippen LogP contribution >= 0.6 is 0 Å². The maximum Gasteiger partial charge on any atom is 0.329 e. The summed E-state index contributed by atoms with van der Waals surface area (Å²) in [5, 5.41) is 12.4. The molecule has 1 saturated carbocycles. The molecule has 0 bridgehead atoms. The Morgan fingerprint density at radius 2 is 1.89 bits per heavy atom. The van der Waals surface area contributed by atoms with Crippen molar-refractivity contribution in [3.05, 3.63) is 30.0 Å². The van der Waals surface area contributed by atoms with Crippen LogP contribution < -0.4 is 5.32 Å². The molecule has 0 radical (unpaired) electrons. The molecule has 98 valence electrons. The molecule has 0 unspecified atom stereocenters. The summed E-state index contributed by atoms with van der Waals surface area (Å²) in [5.41, 5.74) is 1.47. The van der Waals surface area contributed by atoms with Crippen LogP contribution in [0.15, 0.2) is 24.3 Å². The molecule has 2 N–H and O–H groups in total. The van der Waals surface area contributed by atoms with E-state index < -0.39 is 11.5 Å². The van der Waals surface area contributed by atoms with Crippen molar-refractivity contribution in [2.45, 2.75) is 31.7 Å². The summed E-state index contributed by atoms with van der Waals surface area (Å²) >= 11 is 0. The highest BCUT2D eigenvalue weighted by Gasteiger charge is 2.45. The lowest BCUT2D eigenvalue weighted by Gasteiger charge is -2.38. The first-order valence-corrected chi connectivity index (χ1v) is 6.36. The Hall–Kier alpha value is -2.17. The molecule has 0 amide bonds. The average Bonchev–Trinajstić information content (AvgIpc) is 2.33. The smallest absolute Gasteiger partial charge is 0.329 e. The molecule has 0 spiro atoms. The van der Waals surface area contributed by atoms with Gasteiger partial charge in [-0.1, -0.05) is 12.1 Å². The maximum absolute atomic E-state index is 11.4. The van der Waals surface area contributed by atoms with Crippen LogP contribution in [0, 0.1) is 6.92 Å². The van der Waals surface area contributed by atoms with Crippen LogP contribution in [-0.4, -0.2) is 26.6 Å². The largest absolute Gasteiger partial charge is 0.480 e. The summed E-state index contributed by atoms with van der Waals surface area (Å²) in [6.45, 7) is 1.84. The zero-order chi connectivity index (χ0) is 13.5. The minimum atomic E-state index is -0.859. The zero-order valence-electron chi connectivity index (χ0n) is 10.7. The molecule has 5 nitrogen and oxygen atoms in total. The third-order valence-corrected chi connectivity index (χ3v) is 3.72. The summed E-state index contributed by atoms with van der Waals surface area (Å²) < 4.78 is 0. The van der Waals surface area contributed by atoms with E-state index in [0.717, 1.165) is 23.1 Å². The lowest BCUT2D eigenvalue weighted by Crippen LogP contribution is -2.52. The van der Waals surface area contributed by atoms with Crippen molar-refractivity contribution in [2.24, 2.45) is 0 Å². The van der Waals surface area contributed by atoms with Gasteiger partial charge < -0.3 is 10.4 Å². The van der Waals surface area contributed by atoms with Crippen molar-refractivity contribution < 1.29 is 9.90 Å². The number of hydrogen-bond donors (Lipinski definition) is 2. The third-order valence-electron chi connectivity index (χ3n) is 3.72. The molecular weight excluding hydrogens is 242 g/mol. The van der Waals surface area contributed by atoms with Gasteiger partial charge >= 0.3 is 5.97 Å². The van der Waals surface area contributed by atoms with E-state index in [1.165, 1.54) is 0 Å². The second kappa shape index (κ2) is 4.19. The standard InChI is InChI=1S/C14H15N3O2/c1-9-12(17-14(13(18)19)7-4-8-14)16-11-6-3-2-5-10(11)15-9/h2-3,5-6H,4,7-8H2,1H3,(H,16,17)(H,18,19). The first-order valence-electron chi connectivity index (χ1n) is 6.36. The van der Waals surface area contributed by atoms with Crippen LogP contribution in [0.1, 0.15) is 25.0 Å². The number of nitrogens with one attached hydrogen (secondary N) is 1. The molecule has 1 aromatic heterocycles. The number of aromatic nitrogens is 2. The average molecular weight is 257 g/mol. The fourth-order valence-corrected chi connectivity index (χ4v) is 2.36. The predicted molar refractivity (Wildman–Crippen MR) is 72.1 cm³/mol. The number of benzene rings is 1. The van der Waals surface area contributed by atoms with Gasteiger partial charge in [0.15, 0.2) is 0 Å². The van der Waals surface area contributed by atoms with Gasteiger partial charge in [-0.25, -0.2) is 14.8 Å². The molecule has 1 aliphatic carbocycles. The van der Waals surface area contributed by atoms with Crippen LogP contribution in [-0.2, 0) is 4.79 Å². The van der Waals surface area contributed by atoms with Crippen LogP contribution in [0.5, 0.6) is 0 Å². The fraction of sp³-hybridized carbons (Fsp3) is 0.357. The SMILES string of the molecule is Cc1nc2ccccc2nc1NC1(C(=O)O)CCC1. The monoisotopic (exact) mass is 257 g/mol. The topological polar surface area (TPSA) is 75.1 Å². The normalized spacial score (nSPS) is 16.9. The molecule has 19 heavy (non-hydrogen) atoms. The third kappa shape index (κ3) is 1.91. The number of carbonyl (C=O) groups is 1. The number of para-hydroxylation sites is 2. The Morgan fingerprint density at radius 3 is 2.42 bits per heavy atom. The fourth-order valence-electron chi connectivity index (χ4n) is 2.36. The minimum absolute atomic E-state index is 0.570. The van der Waals surface area contributed by atoms with E-state index >= 15 is 0 Å². The van der Waals surface area contributed by atoms with Crippen molar-refractivity contribution in [3.8, 4) is 0 Å².